The number of piperidine rings is 1. The SMILES string of the molecule is COC(=O)C1CC[NH+](CN2C(=O)C(=O)c3cc(F)ccc32)CC1. The van der Waals surface area contributed by atoms with Gasteiger partial charge in [-0.1, -0.05) is 0 Å². The molecule has 0 aromatic heterocycles. The molecule has 1 fully saturated rings. The minimum atomic E-state index is -0.664. The summed E-state index contributed by atoms with van der Waals surface area (Å²) in [5, 5.41) is 0. The summed E-state index contributed by atoms with van der Waals surface area (Å²) in [5.74, 6) is -2.10. The number of benzene rings is 1. The van der Waals surface area contributed by atoms with E-state index in [1.54, 1.807) is 0 Å². The summed E-state index contributed by atoms with van der Waals surface area (Å²) in [5.41, 5.74) is 0.586. The number of hydrogen-bond donors (Lipinski definition) is 1. The second-order valence-electron chi connectivity index (χ2n) is 5.93. The molecule has 6 nitrogen and oxygen atoms in total. The summed E-state index contributed by atoms with van der Waals surface area (Å²) in [6.07, 6.45) is 1.38. The quantitative estimate of drug-likeness (QED) is 0.617. The van der Waals surface area contributed by atoms with Gasteiger partial charge in [0.25, 0.3) is 5.78 Å². The first-order chi connectivity index (χ1) is 11.0. The fraction of sp³-hybridized carbons (Fsp3) is 0.438. The molecule has 2 aliphatic rings. The summed E-state index contributed by atoms with van der Waals surface area (Å²) < 4.78 is 18.0. The van der Waals surface area contributed by atoms with Crippen molar-refractivity contribution in [2.75, 3.05) is 31.8 Å². The summed E-state index contributed by atoms with van der Waals surface area (Å²) in [7, 11) is 1.38. The van der Waals surface area contributed by atoms with Crippen LogP contribution in [-0.4, -0.2) is 44.5 Å². The molecule has 7 heteroatoms. The molecule has 0 atom stereocenters. The van der Waals surface area contributed by atoms with Crippen LogP contribution in [0.2, 0.25) is 0 Å². The molecule has 0 aliphatic carbocycles. The Morgan fingerprint density at radius 3 is 2.70 bits per heavy atom. The normalized spacial score (nSPS) is 23.8. The lowest BCUT2D eigenvalue weighted by Gasteiger charge is -2.30. The third-order valence-corrected chi connectivity index (χ3v) is 4.54. The minimum absolute atomic E-state index is 0.0963. The van der Waals surface area contributed by atoms with Gasteiger partial charge in [-0.15, -0.1) is 0 Å². The van der Waals surface area contributed by atoms with Crippen LogP contribution in [0.1, 0.15) is 23.2 Å². The third kappa shape index (κ3) is 2.84. The second kappa shape index (κ2) is 6.08. The zero-order valence-corrected chi connectivity index (χ0v) is 12.8. The average molecular weight is 321 g/mol. The minimum Gasteiger partial charge on any atom is -0.469 e. The van der Waals surface area contributed by atoms with Crippen LogP contribution in [0.5, 0.6) is 0 Å². The Hall–Kier alpha value is -2.28. The number of rotatable bonds is 3. The number of carbonyl (C=O) groups excluding carboxylic acids is 3. The fourth-order valence-corrected chi connectivity index (χ4v) is 3.24. The van der Waals surface area contributed by atoms with Crippen molar-refractivity contribution in [2.24, 2.45) is 5.92 Å². The van der Waals surface area contributed by atoms with Gasteiger partial charge in [0.1, 0.15) is 5.82 Å². The molecule has 0 saturated carbocycles. The van der Waals surface area contributed by atoms with Crippen LogP contribution in [0.25, 0.3) is 0 Å². The van der Waals surface area contributed by atoms with E-state index in [1.807, 2.05) is 0 Å². The van der Waals surface area contributed by atoms with Gasteiger partial charge >= 0.3 is 11.9 Å². The van der Waals surface area contributed by atoms with Gasteiger partial charge in [-0.25, -0.2) is 4.39 Å². The number of ketones is 1. The highest BCUT2D eigenvalue weighted by Crippen LogP contribution is 2.28. The number of halogens is 1. The molecule has 1 aromatic carbocycles. The van der Waals surface area contributed by atoms with Crippen molar-refractivity contribution < 1.29 is 28.4 Å². The van der Waals surface area contributed by atoms with Crippen molar-refractivity contribution in [1.82, 2.24) is 0 Å². The molecule has 2 aliphatic heterocycles. The predicted octanol–water partition coefficient (Wildman–Crippen LogP) is -0.220. The first kappa shape index (κ1) is 15.6. The van der Waals surface area contributed by atoms with Gasteiger partial charge in [-0.3, -0.25) is 19.3 Å². The van der Waals surface area contributed by atoms with E-state index in [2.05, 4.69) is 0 Å². The van der Waals surface area contributed by atoms with Crippen LogP contribution in [0.4, 0.5) is 10.1 Å². The monoisotopic (exact) mass is 321 g/mol. The number of quaternary nitrogens is 1. The van der Waals surface area contributed by atoms with E-state index in [-0.39, 0.29) is 17.5 Å². The highest BCUT2D eigenvalue weighted by atomic mass is 19.1. The molecule has 0 radical (unpaired) electrons. The highest BCUT2D eigenvalue weighted by Gasteiger charge is 2.39. The Labute approximate surface area is 132 Å². The van der Waals surface area contributed by atoms with E-state index in [4.69, 9.17) is 4.74 Å². The number of amides is 1. The molecule has 0 unspecified atom stereocenters. The number of nitrogens with one attached hydrogen (secondary N) is 1. The van der Waals surface area contributed by atoms with E-state index >= 15 is 0 Å². The van der Waals surface area contributed by atoms with Crippen LogP contribution in [0.15, 0.2) is 18.2 Å². The maximum Gasteiger partial charge on any atom is 0.309 e. The second-order valence-corrected chi connectivity index (χ2v) is 5.93. The van der Waals surface area contributed by atoms with Crippen molar-refractivity contribution >= 4 is 23.3 Å². The highest BCUT2D eigenvalue weighted by molar-refractivity contribution is 6.52. The van der Waals surface area contributed by atoms with Crippen LogP contribution in [-0.2, 0) is 14.3 Å². The number of methoxy groups -OCH3 is 1. The fourth-order valence-electron chi connectivity index (χ4n) is 3.24. The molecular formula is C16H18FN2O4+. The summed E-state index contributed by atoms with van der Waals surface area (Å²) in [6, 6.07) is 3.82. The Balaban J connectivity index is 1.69. The average Bonchev–Trinajstić information content (AvgIpc) is 2.79. The van der Waals surface area contributed by atoms with Gasteiger partial charge in [0.2, 0.25) is 0 Å². The van der Waals surface area contributed by atoms with Crippen LogP contribution >= 0.6 is 0 Å². The molecule has 122 valence electrons. The number of esters is 1. The predicted molar refractivity (Wildman–Crippen MR) is 78.5 cm³/mol. The van der Waals surface area contributed by atoms with Gasteiger partial charge in [0.15, 0.2) is 6.67 Å². The number of Topliss-reactive ketones (excluding diaryl/α,β-unsaturated/α-hetero) is 1. The van der Waals surface area contributed by atoms with Crippen molar-refractivity contribution in [1.29, 1.82) is 0 Å². The molecule has 1 aromatic rings. The number of fused-ring (bicyclic) bond motifs is 1. The Morgan fingerprint density at radius 2 is 2.04 bits per heavy atom. The summed E-state index contributed by atoms with van der Waals surface area (Å²) in [4.78, 5) is 38.1. The van der Waals surface area contributed by atoms with Gasteiger partial charge in [-0.2, -0.15) is 0 Å². The molecule has 1 amide bonds. The largest absolute Gasteiger partial charge is 0.469 e. The Bertz CT molecular complexity index is 668. The number of anilines is 1. The van der Waals surface area contributed by atoms with Crippen LogP contribution < -0.4 is 9.80 Å². The first-order valence-electron chi connectivity index (χ1n) is 7.58. The lowest BCUT2D eigenvalue weighted by molar-refractivity contribution is -0.904. The van der Waals surface area contributed by atoms with Gasteiger partial charge in [0.05, 0.1) is 37.4 Å². The van der Waals surface area contributed by atoms with Crippen molar-refractivity contribution in [2.45, 2.75) is 12.8 Å². The van der Waals surface area contributed by atoms with Gasteiger partial charge < -0.3 is 9.64 Å². The summed E-state index contributed by atoms with van der Waals surface area (Å²) in [6.45, 7) is 1.78. The Morgan fingerprint density at radius 1 is 1.35 bits per heavy atom. The number of likely N-dealkylation sites (tertiary alicyclic amines) is 1. The van der Waals surface area contributed by atoms with Crippen molar-refractivity contribution in [3.05, 3.63) is 29.6 Å². The maximum atomic E-state index is 13.3. The standard InChI is InChI=1S/C16H17FN2O4/c1-23-16(22)10-4-6-18(7-5-10)9-19-13-3-2-11(17)8-12(13)14(20)15(19)21/h2-3,8,10H,4-7,9H2,1H3/p+1. The molecular weight excluding hydrogens is 303 g/mol. The zero-order valence-electron chi connectivity index (χ0n) is 12.8. The van der Waals surface area contributed by atoms with Crippen molar-refractivity contribution in [3.63, 3.8) is 0 Å². The number of nitrogens with zero attached hydrogens (tertiary/aromatic N) is 1. The summed E-state index contributed by atoms with van der Waals surface area (Å²) >= 11 is 0. The maximum absolute atomic E-state index is 13.3. The molecule has 1 N–H and O–H groups in total. The molecule has 0 spiro atoms. The first-order valence-corrected chi connectivity index (χ1v) is 7.58. The van der Waals surface area contributed by atoms with Crippen molar-refractivity contribution in [3.8, 4) is 0 Å². The third-order valence-electron chi connectivity index (χ3n) is 4.54. The van der Waals surface area contributed by atoms with E-state index < -0.39 is 17.5 Å². The van der Waals surface area contributed by atoms with Crippen LogP contribution in [0.3, 0.4) is 0 Å². The molecule has 0 bridgehead atoms. The molecule has 3 rings (SSSR count). The topological polar surface area (TPSA) is 68.1 Å². The smallest absolute Gasteiger partial charge is 0.309 e. The van der Waals surface area contributed by atoms with E-state index in [9.17, 15) is 18.8 Å². The number of ether oxygens (including phenoxy) is 1. The van der Waals surface area contributed by atoms with E-state index in [1.165, 1.54) is 24.1 Å². The van der Waals surface area contributed by atoms with Gasteiger partial charge in [0, 0.05) is 12.8 Å². The van der Waals surface area contributed by atoms with E-state index in [0.29, 0.717) is 38.3 Å². The molecule has 1 saturated heterocycles. The number of hydrogen-bond acceptors (Lipinski definition) is 4. The van der Waals surface area contributed by atoms with Crippen LogP contribution in [0, 0.1) is 11.7 Å². The zero-order chi connectivity index (χ0) is 16.6. The lowest BCUT2D eigenvalue weighted by Crippen LogP contribution is -3.14. The Kier molecular flexibility index (Phi) is 4.12. The number of carbonyl (C=O) groups is 3. The lowest BCUT2D eigenvalue weighted by atomic mass is 9.97. The molecule has 2 heterocycles. The van der Waals surface area contributed by atoms with E-state index in [0.717, 1.165) is 11.0 Å². The van der Waals surface area contributed by atoms with Gasteiger partial charge in [-0.05, 0) is 18.2 Å². The molecule has 23 heavy (non-hydrogen) atoms.